The smallest absolute Gasteiger partial charge is 0.329 e. The zero-order chi connectivity index (χ0) is 14.6. The van der Waals surface area contributed by atoms with Crippen LogP contribution in [-0.2, 0) is 4.79 Å². The van der Waals surface area contributed by atoms with E-state index >= 15 is 0 Å². The van der Waals surface area contributed by atoms with Gasteiger partial charge in [-0.25, -0.2) is 9.78 Å². The Bertz CT molecular complexity index is 1140. The van der Waals surface area contributed by atoms with Gasteiger partial charge in [-0.3, -0.25) is 9.20 Å². The summed E-state index contributed by atoms with van der Waals surface area (Å²) in [6.45, 7) is 0. The summed E-state index contributed by atoms with van der Waals surface area (Å²) in [5, 5.41) is 11.3. The number of carboxylic acids is 1. The number of aliphatic carboxylic acids is 1. The molecule has 4 aromatic rings. The van der Waals surface area contributed by atoms with Crippen molar-refractivity contribution in [3.05, 3.63) is 52.2 Å². The second-order valence-electron chi connectivity index (χ2n) is 4.74. The van der Waals surface area contributed by atoms with Crippen LogP contribution in [0.2, 0.25) is 0 Å². The second kappa shape index (κ2) is 3.92. The van der Waals surface area contributed by atoms with Crippen molar-refractivity contribution in [2.45, 2.75) is 0 Å². The van der Waals surface area contributed by atoms with E-state index in [1.165, 1.54) is 6.20 Å². The summed E-state index contributed by atoms with van der Waals surface area (Å²) in [4.78, 5) is 30.0. The first-order valence-electron chi connectivity index (χ1n) is 6.31. The lowest BCUT2D eigenvalue weighted by Gasteiger charge is -1.97. The lowest BCUT2D eigenvalue weighted by Crippen LogP contribution is -2.13. The third-order valence-corrected chi connectivity index (χ3v) is 3.57. The van der Waals surface area contributed by atoms with Gasteiger partial charge in [0.25, 0.3) is 5.56 Å². The summed E-state index contributed by atoms with van der Waals surface area (Å²) < 4.78 is 1.63. The largest absolute Gasteiger partial charge is 0.478 e. The lowest BCUT2D eigenvalue weighted by molar-refractivity contribution is -0.129. The number of aromatic amines is 1. The van der Waals surface area contributed by atoms with Gasteiger partial charge in [0.2, 0.25) is 5.65 Å². The van der Waals surface area contributed by atoms with Crippen molar-refractivity contribution in [1.29, 1.82) is 0 Å². The molecule has 0 saturated carbocycles. The van der Waals surface area contributed by atoms with E-state index in [4.69, 9.17) is 5.11 Å². The Kier molecular flexibility index (Phi) is 2.18. The van der Waals surface area contributed by atoms with Crippen LogP contribution in [0, 0.1) is 0 Å². The fourth-order valence-corrected chi connectivity index (χ4v) is 2.79. The maximum absolute atomic E-state index is 12.1. The minimum Gasteiger partial charge on any atom is -0.478 e. The van der Waals surface area contributed by atoms with Crippen LogP contribution in [0.1, 0.15) is 0 Å². The summed E-state index contributed by atoms with van der Waals surface area (Å²) in [7, 11) is 0. The first kappa shape index (κ1) is 11.7. The number of fused-ring (bicyclic) bond motifs is 5. The number of hydrogen-bond donors (Lipinski definition) is 2. The number of carbonyl (C=O) groups is 1. The van der Waals surface area contributed by atoms with Gasteiger partial charge in [0.1, 0.15) is 0 Å². The van der Waals surface area contributed by atoms with Gasteiger partial charge in [0, 0.05) is 29.1 Å². The normalized spacial score (nSPS) is 12.7. The van der Waals surface area contributed by atoms with Gasteiger partial charge in [0.15, 0.2) is 0 Å². The summed E-state index contributed by atoms with van der Waals surface area (Å²) >= 11 is 0. The Morgan fingerprint density at radius 2 is 2.05 bits per heavy atom. The Hall–Kier alpha value is -3.15. The van der Waals surface area contributed by atoms with Crippen LogP contribution < -0.4 is 10.8 Å². The predicted octanol–water partition coefficient (Wildman–Crippen LogP) is 0.913. The molecular weight excluding hydrogens is 270 g/mol. The second-order valence-corrected chi connectivity index (χ2v) is 4.74. The third kappa shape index (κ3) is 1.50. The number of hydrogen-bond acceptors (Lipinski definition) is 3. The molecule has 0 fully saturated rings. The number of rotatable bonds is 1. The number of carboxylic acid groups (broad SMARTS) is 1. The topological polar surface area (TPSA) is 87.5 Å². The molecule has 0 aliphatic heterocycles. The fourth-order valence-electron chi connectivity index (χ4n) is 2.79. The van der Waals surface area contributed by atoms with Crippen LogP contribution in [0.5, 0.6) is 0 Å². The van der Waals surface area contributed by atoms with Crippen LogP contribution in [0.25, 0.3) is 33.5 Å². The van der Waals surface area contributed by atoms with Crippen molar-refractivity contribution in [3.63, 3.8) is 0 Å². The van der Waals surface area contributed by atoms with Crippen LogP contribution in [0.15, 0.2) is 41.5 Å². The highest BCUT2D eigenvalue weighted by molar-refractivity contribution is 6.13. The minimum atomic E-state index is -1.04. The first-order chi connectivity index (χ1) is 10.2. The molecule has 0 atom stereocenters. The van der Waals surface area contributed by atoms with Crippen molar-refractivity contribution in [3.8, 4) is 0 Å². The molecule has 0 aliphatic rings. The lowest BCUT2D eigenvalue weighted by atomic mass is 10.2. The molecule has 4 rings (SSSR count). The zero-order valence-corrected chi connectivity index (χ0v) is 10.7. The van der Waals surface area contributed by atoms with Gasteiger partial charge in [0.05, 0.1) is 11.0 Å². The Labute approximate surface area is 116 Å². The number of aromatic nitrogens is 3. The van der Waals surface area contributed by atoms with Crippen LogP contribution in [-0.4, -0.2) is 25.4 Å². The molecular formula is C15H9N3O3. The molecule has 0 amide bonds. The molecule has 0 radical (unpaired) electrons. The highest BCUT2D eigenvalue weighted by Gasteiger charge is 2.13. The molecule has 0 aliphatic carbocycles. The molecule has 2 heterocycles. The predicted molar refractivity (Wildman–Crippen MR) is 78.1 cm³/mol. The number of H-pyrrole nitrogens is 1. The summed E-state index contributed by atoms with van der Waals surface area (Å²) in [5.41, 5.74) is 1.21. The Balaban J connectivity index is 2.46. The molecule has 2 aromatic carbocycles. The van der Waals surface area contributed by atoms with Gasteiger partial charge < -0.3 is 10.1 Å². The van der Waals surface area contributed by atoms with Crippen molar-refractivity contribution in [1.82, 2.24) is 14.4 Å². The summed E-state index contributed by atoms with van der Waals surface area (Å²) in [5.74, 6) is -1.04. The van der Waals surface area contributed by atoms with E-state index in [1.54, 1.807) is 10.6 Å². The molecule has 2 aromatic heterocycles. The first-order valence-corrected chi connectivity index (χ1v) is 6.31. The highest BCUT2D eigenvalue weighted by Crippen LogP contribution is 2.21. The highest BCUT2D eigenvalue weighted by atomic mass is 16.4. The molecule has 6 heteroatoms. The molecule has 0 unspecified atom stereocenters. The number of imidazole rings is 1. The fraction of sp³-hybridized carbons (Fsp3) is 0. The van der Waals surface area contributed by atoms with E-state index in [1.807, 2.05) is 24.3 Å². The van der Waals surface area contributed by atoms with Gasteiger partial charge in [-0.2, -0.15) is 0 Å². The molecule has 102 valence electrons. The van der Waals surface area contributed by atoms with Crippen LogP contribution in [0.4, 0.5) is 0 Å². The molecule has 0 saturated heterocycles. The monoisotopic (exact) mass is 279 g/mol. The number of benzene rings is 1. The SMILES string of the molecule is O=C(O)/C=c1\c2ccccc2c2[nH]c(=O)c3nccn3c12. The zero-order valence-electron chi connectivity index (χ0n) is 10.7. The van der Waals surface area contributed by atoms with E-state index < -0.39 is 5.97 Å². The van der Waals surface area contributed by atoms with Gasteiger partial charge >= 0.3 is 5.97 Å². The third-order valence-electron chi connectivity index (χ3n) is 3.57. The van der Waals surface area contributed by atoms with Crippen LogP contribution in [0.3, 0.4) is 0 Å². The molecule has 6 nitrogen and oxygen atoms in total. The van der Waals surface area contributed by atoms with Gasteiger partial charge in [-0.15, -0.1) is 0 Å². The van der Waals surface area contributed by atoms with Crippen molar-refractivity contribution in [2.75, 3.05) is 0 Å². The van der Waals surface area contributed by atoms with Crippen LogP contribution >= 0.6 is 0 Å². The molecule has 0 bridgehead atoms. The molecule has 21 heavy (non-hydrogen) atoms. The van der Waals surface area contributed by atoms with Gasteiger partial charge in [-0.05, 0) is 5.39 Å². The van der Waals surface area contributed by atoms with E-state index in [-0.39, 0.29) is 11.2 Å². The molecule has 2 N–H and O–H groups in total. The average molecular weight is 279 g/mol. The van der Waals surface area contributed by atoms with Crippen molar-refractivity contribution < 1.29 is 9.90 Å². The van der Waals surface area contributed by atoms with Crippen molar-refractivity contribution in [2.24, 2.45) is 0 Å². The standard InChI is InChI=1S/C15H9N3O3/c19-11(20)7-10-8-3-1-2-4-9(8)12-13(10)18-6-5-16-14(18)15(21)17-12/h1-7H,(H,17,21)(H,19,20)/b10-7+. The minimum absolute atomic E-state index is 0.248. The maximum Gasteiger partial charge on any atom is 0.329 e. The number of nitrogens with one attached hydrogen (secondary N) is 1. The van der Waals surface area contributed by atoms with Gasteiger partial charge in [-0.1, -0.05) is 24.3 Å². The Morgan fingerprint density at radius 1 is 1.29 bits per heavy atom. The van der Waals surface area contributed by atoms with Crippen molar-refractivity contribution >= 4 is 39.5 Å². The molecule has 0 spiro atoms. The van der Waals surface area contributed by atoms with E-state index in [2.05, 4.69) is 9.97 Å². The van der Waals surface area contributed by atoms with E-state index in [0.29, 0.717) is 16.3 Å². The van der Waals surface area contributed by atoms with E-state index in [0.717, 1.165) is 16.8 Å². The summed E-state index contributed by atoms with van der Waals surface area (Å²) in [6, 6.07) is 7.38. The average Bonchev–Trinajstić information content (AvgIpc) is 3.04. The van der Waals surface area contributed by atoms with E-state index in [9.17, 15) is 9.59 Å². The summed E-state index contributed by atoms with van der Waals surface area (Å²) in [6.07, 6.45) is 4.33. The maximum atomic E-state index is 12.1. The Morgan fingerprint density at radius 3 is 2.81 bits per heavy atom. The number of nitrogens with zero attached hydrogens (tertiary/aromatic N) is 2. The quantitative estimate of drug-likeness (QED) is 0.542.